The normalized spacial score (nSPS) is 10.9. The molecule has 0 fully saturated rings. The molecule has 0 saturated heterocycles. The van der Waals surface area contributed by atoms with E-state index in [4.69, 9.17) is 4.55 Å². The second kappa shape index (κ2) is 8.08. The van der Waals surface area contributed by atoms with Crippen LogP contribution >= 0.6 is 0 Å². The van der Waals surface area contributed by atoms with Crippen LogP contribution in [-0.4, -0.2) is 36.0 Å². The minimum Gasteiger partial charge on any atom is -0.282 e. The van der Waals surface area contributed by atoms with Gasteiger partial charge in [-0.25, -0.2) is 0 Å². The van der Waals surface area contributed by atoms with Gasteiger partial charge in [0.25, 0.3) is 10.1 Å². The molecule has 0 aliphatic rings. The van der Waals surface area contributed by atoms with Gasteiger partial charge >= 0.3 is 23.1 Å². The molecule has 0 heterocycles. The minimum atomic E-state index is -4.08. The van der Waals surface area contributed by atoms with E-state index in [0.29, 0.717) is 12.0 Å². The molecule has 1 aromatic carbocycles. The van der Waals surface area contributed by atoms with E-state index in [1.54, 1.807) is 18.2 Å². The summed E-state index contributed by atoms with van der Waals surface area (Å²) in [6.45, 7) is 2.13. The van der Waals surface area contributed by atoms with Crippen molar-refractivity contribution < 1.29 is 13.0 Å². The van der Waals surface area contributed by atoms with E-state index in [0.717, 1.165) is 25.7 Å². The zero-order valence-corrected chi connectivity index (χ0v) is 10.3. The summed E-state index contributed by atoms with van der Waals surface area (Å²) in [7, 11) is -4.08. The molecule has 0 atom stereocenters. The number of unbranched alkanes of at least 4 members (excludes halogenated alkanes) is 3. The highest BCUT2D eigenvalue weighted by Gasteiger charge is 2.13. The highest BCUT2D eigenvalue weighted by Crippen LogP contribution is 2.17. The molecule has 1 aromatic rings. The SMILES string of the molecule is CCCCCCc1ccccc1S(=O)(=O)O.[MgH2]. The molecule has 0 amide bonds. The number of hydrogen-bond acceptors (Lipinski definition) is 2. The van der Waals surface area contributed by atoms with Gasteiger partial charge in [0.05, 0.1) is 4.90 Å². The Balaban J connectivity index is 0.00000256. The molecule has 0 aromatic heterocycles. The number of hydrogen-bond donors (Lipinski definition) is 1. The van der Waals surface area contributed by atoms with Crippen molar-refractivity contribution in [1.29, 1.82) is 0 Å². The van der Waals surface area contributed by atoms with Crippen molar-refractivity contribution in [3.05, 3.63) is 29.8 Å². The lowest BCUT2D eigenvalue weighted by atomic mass is 10.1. The lowest BCUT2D eigenvalue weighted by Gasteiger charge is -2.06. The third-order valence-corrected chi connectivity index (χ3v) is 3.50. The van der Waals surface area contributed by atoms with Crippen molar-refractivity contribution in [3.63, 3.8) is 0 Å². The lowest BCUT2D eigenvalue weighted by Crippen LogP contribution is -2.03. The lowest BCUT2D eigenvalue weighted by molar-refractivity contribution is 0.481. The summed E-state index contributed by atoms with van der Waals surface area (Å²) in [5, 5.41) is 0. The molecule has 94 valence electrons. The van der Waals surface area contributed by atoms with Crippen molar-refractivity contribution in [3.8, 4) is 0 Å². The molecule has 1 rings (SSSR count). The Kier molecular flexibility index (Phi) is 8.03. The van der Waals surface area contributed by atoms with E-state index >= 15 is 0 Å². The first kappa shape index (κ1) is 16.9. The van der Waals surface area contributed by atoms with Crippen LogP contribution in [0, 0.1) is 0 Å². The van der Waals surface area contributed by atoms with E-state index in [1.807, 2.05) is 0 Å². The van der Waals surface area contributed by atoms with Crippen molar-refractivity contribution in [2.75, 3.05) is 0 Å². The molecule has 0 aliphatic carbocycles. The Morgan fingerprint density at radius 2 is 1.76 bits per heavy atom. The molecule has 0 aliphatic heterocycles. The van der Waals surface area contributed by atoms with Crippen LogP contribution in [0.1, 0.15) is 38.2 Å². The van der Waals surface area contributed by atoms with Crippen LogP contribution in [0.3, 0.4) is 0 Å². The first-order valence-electron chi connectivity index (χ1n) is 5.61. The highest BCUT2D eigenvalue weighted by atomic mass is 32.2. The van der Waals surface area contributed by atoms with Gasteiger partial charge in [0.15, 0.2) is 0 Å². The summed E-state index contributed by atoms with van der Waals surface area (Å²) in [4.78, 5) is 0.0477. The molecule has 0 saturated carbocycles. The van der Waals surface area contributed by atoms with Crippen molar-refractivity contribution in [1.82, 2.24) is 0 Å². The van der Waals surface area contributed by atoms with E-state index in [-0.39, 0.29) is 27.9 Å². The third kappa shape index (κ3) is 5.86. The van der Waals surface area contributed by atoms with Crippen molar-refractivity contribution in [2.24, 2.45) is 0 Å². The van der Waals surface area contributed by atoms with Crippen LogP contribution in [0.2, 0.25) is 0 Å². The Hall–Kier alpha value is -0.104. The molecular formula is C12H20MgO3S. The Labute approximate surface area is 120 Å². The summed E-state index contributed by atoms with van der Waals surface area (Å²) in [6, 6.07) is 6.63. The summed E-state index contributed by atoms with van der Waals surface area (Å²) >= 11 is 0. The quantitative estimate of drug-likeness (QED) is 0.489. The molecule has 0 radical (unpaired) electrons. The van der Waals surface area contributed by atoms with Crippen LogP contribution in [0.4, 0.5) is 0 Å². The molecule has 3 nitrogen and oxygen atoms in total. The van der Waals surface area contributed by atoms with Gasteiger partial charge in [-0.1, -0.05) is 44.4 Å². The third-order valence-electron chi connectivity index (χ3n) is 2.55. The maximum atomic E-state index is 11.1. The summed E-state index contributed by atoms with van der Waals surface area (Å²) in [5.74, 6) is 0. The first-order chi connectivity index (χ1) is 7.55. The second-order valence-electron chi connectivity index (χ2n) is 3.89. The van der Waals surface area contributed by atoms with E-state index < -0.39 is 10.1 Å². The van der Waals surface area contributed by atoms with Crippen molar-refractivity contribution in [2.45, 2.75) is 43.9 Å². The minimum absolute atomic E-state index is 0. The highest BCUT2D eigenvalue weighted by molar-refractivity contribution is 7.85. The largest absolute Gasteiger partial charge is 0.316 e. The fourth-order valence-corrected chi connectivity index (χ4v) is 2.46. The molecule has 17 heavy (non-hydrogen) atoms. The van der Waals surface area contributed by atoms with Gasteiger partial charge in [0, 0.05) is 0 Å². The van der Waals surface area contributed by atoms with E-state index in [2.05, 4.69) is 6.92 Å². The van der Waals surface area contributed by atoms with Crippen LogP contribution < -0.4 is 0 Å². The average molecular weight is 269 g/mol. The standard InChI is InChI=1S/C12H18O3S.Mg.2H/c1-2-3-4-5-8-11-9-6-7-10-12(11)16(13,14)15;;;/h6-7,9-10H,2-5,8H2,1H3,(H,13,14,15);;;. The molecule has 0 unspecified atom stereocenters. The summed E-state index contributed by atoms with van der Waals surface area (Å²) in [5.41, 5.74) is 0.709. The molecule has 1 N–H and O–H groups in total. The number of aryl methyl sites for hydroxylation is 1. The van der Waals surface area contributed by atoms with Crippen molar-refractivity contribution >= 4 is 33.2 Å². The van der Waals surface area contributed by atoms with Gasteiger partial charge in [-0.2, -0.15) is 8.42 Å². The van der Waals surface area contributed by atoms with Gasteiger partial charge in [0.2, 0.25) is 0 Å². The Bertz CT molecular complexity index is 429. The van der Waals surface area contributed by atoms with Crippen LogP contribution in [0.5, 0.6) is 0 Å². The average Bonchev–Trinajstić information content (AvgIpc) is 2.24. The summed E-state index contributed by atoms with van der Waals surface area (Å²) < 4.78 is 31.2. The van der Waals surface area contributed by atoms with Crippen LogP contribution in [-0.2, 0) is 16.5 Å². The van der Waals surface area contributed by atoms with Gasteiger partial charge in [-0.3, -0.25) is 4.55 Å². The fourth-order valence-electron chi connectivity index (χ4n) is 1.70. The van der Waals surface area contributed by atoms with Gasteiger partial charge in [-0.15, -0.1) is 0 Å². The zero-order chi connectivity index (χ0) is 12.0. The molecule has 5 heteroatoms. The topological polar surface area (TPSA) is 54.4 Å². The second-order valence-corrected chi connectivity index (χ2v) is 5.28. The van der Waals surface area contributed by atoms with Crippen LogP contribution in [0.25, 0.3) is 0 Å². The monoisotopic (exact) mass is 268 g/mol. The van der Waals surface area contributed by atoms with E-state index in [9.17, 15) is 8.42 Å². The molecule has 0 bridgehead atoms. The summed E-state index contributed by atoms with van der Waals surface area (Å²) in [6.07, 6.45) is 5.07. The van der Waals surface area contributed by atoms with Gasteiger partial charge in [0.1, 0.15) is 0 Å². The zero-order valence-electron chi connectivity index (χ0n) is 9.52. The molecule has 0 spiro atoms. The first-order valence-corrected chi connectivity index (χ1v) is 7.05. The number of rotatable bonds is 6. The maximum Gasteiger partial charge on any atom is 0.316 e. The number of benzene rings is 1. The van der Waals surface area contributed by atoms with Gasteiger partial charge in [-0.05, 0) is 24.5 Å². The van der Waals surface area contributed by atoms with E-state index in [1.165, 1.54) is 6.07 Å². The maximum absolute atomic E-state index is 11.1. The Morgan fingerprint density at radius 1 is 1.12 bits per heavy atom. The van der Waals surface area contributed by atoms with Crippen LogP contribution in [0.15, 0.2) is 29.2 Å². The van der Waals surface area contributed by atoms with Gasteiger partial charge < -0.3 is 0 Å². The predicted octanol–water partition coefficient (Wildman–Crippen LogP) is 2.14. The Morgan fingerprint density at radius 3 is 2.35 bits per heavy atom. The fraction of sp³-hybridized carbons (Fsp3) is 0.500. The predicted molar refractivity (Wildman–Crippen MR) is 72.6 cm³/mol. The molecular weight excluding hydrogens is 249 g/mol. The smallest absolute Gasteiger partial charge is 0.282 e.